The fraction of sp³-hybridized carbons (Fsp3) is 0.500. The molecule has 1 aromatic carbocycles. The number of hydrogen-bond acceptors (Lipinski definition) is 4. The molecule has 2 rings (SSSR count). The molecule has 1 aromatic rings. The molecule has 0 aliphatic carbocycles. The molecule has 0 unspecified atom stereocenters. The van der Waals surface area contributed by atoms with E-state index in [0.29, 0.717) is 26.2 Å². The monoisotopic (exact) mass is 317 g/mol. The Morgan fingerprint density at radius 1 is 1.33 bits per heavy atom. The quantitative estimate of drug-likeness (QED) is 0.884. The third kappa shape index (κ3) is 3.89. The number of nitriles is 1. The van der Waals surface area contributed by atoms with E-state index in [1.807, 2.05) is 6.07 Å². The fourth-order valence-electron chi connectivity index (χ4n) is 2.56. The molecule has 4 nitrogen and oxygen atoms in total. The van der Waals surface area contributed by atoms with Gasteiger partial charge in [-0.15, -0.1) is 12.4 Å². The predicted molar refractivity (Wildman–Crippen MR) is 77.6 cm³/mol. The second-order valence-electron chi connectivity index (χ2n) is 4.81. The third-order valence-corrected chi connectivity index (χ3v) is 3.50. The van der Waals surface area contributed by atoms with Crippen molar-refractivity contribution in [3.63, 3.8) is 0 Å². The van der Waals surface area contributed by atoms with Crippen LogP contribution in [0.25, 0.3) is 0 Å². The van der Waals surface area contributed by atoms with Gasteiger partial charge in [-0.2, -0.15) is 5.26 Å². The zero-order valence-corrected chi connectivity index (χ0v) is 12.2. The molecule has 0 aromatic heterocycles. The van der Waals surface area contributed by atoms with Crippen LogP contribution in [-0.4, -0.2) is 48.7 Å². The molecule has 1 heterocycles. The standard InChI is InChI=1S/C14H17F2N3O.ClH/c15-14(16,10-20)13(19-7-5-18-6-8-19)12-4-2-1-3-11(12)9-17;/h1-4,13,18,20H,5-8,10H2;1H/t13-;/m0./s1. The molecule has 0 radical (unpaired) electrons. The number of aliphatic hydroxyl groups excluding tert-OH is 1. The summed E-state index contributed by atoms with van der Waals surface area (Å²) in [4.78, 5) is 1.63. The molecule has 1 atom stereocenters. The number of nitrogens with zero attached hydrogens (tertiary/aromatic N) is 2. The second-order valence-corrected chi connectivity index (χ2v) is 4.81. The summed E-state index contributed by atoms with van der Waals surface area (Å²) in [5, 5.41) is 21.3. The van der Waals surface area contributed by atoms with E-state index in [2.05, 4.69) is 5.32 Å². The van der Waals surface area contributed by atoms with E-state index in [4.69, 9.17) is 10.4 Å². The van der Waals surface area contributed by atoms with E-state index in [0.717, 1.165) is 0 Å². The minimum atomic E-state index is -3.29. The summed E-state index contributed by atoms with van der Waals surface area (Å²) in [7, 11) is 0. The lowest BCUT2D eigenvalue weighted by molar-refractivity contribution is -0.118. The molecule has 0 saturated carbocycles. The first kappa shape index (κ1) is 17.8. The molecule has 1 aliphatic heterocycles. The van der Waals surface area contributed by atoms with Gasteiger partial charge >= 0.3 is 0 Å². The van der Waals surface area contributed by atoms with E-state index in [-0.39, 0.29) is 23.5 Å². The van der Waals surface area contributed by atoms with Crippen LogP contribution in [0.3, 0.4) is 0 Å². The van der Waals surface area contributed by atoms with Crippen LogP contribution in [0, 0.1) is 11.3 Å². The maximum Gasteiger partial charge on any atom is 0.289 e. The van der Waals surface area contributed by atoms with Crippen molar-refractivity contribution in [1.82, 2.24) is 10.2 Å². The molecule has 0 amide bonds. The zero-order chi connectivity index (χ0) is 14.6. The molecule has 1 saturated heterocycles. The first-order valence-corrected chi connectivity index (χ1v) is 6.52. The van der Waals surface area contributed by atoms with Gasteiger partial charge in [-0.3, -0.25) is 4.90 Å². The molecule has 7 heteroatoms. The summed E-state index contributed by atoms with van der Waals surface area (Å²) in [5.41, 5.74) is 0.500. The van der Waals surface area contributed by atoms with Gasteiger partial charge in [-0.25, -0.2) is 8.78 Å². The number of rotatable bonds is 4. The number of piperazine rings is 1. The first-order valence-electron chi connectivity index (χ1n) is 6.52. The number of alkyl halides is 2. The molecule has 0 bridgehead atoms. The summed E-state index contributed by atoms with van der Waals surface area (Å²) in [5.74, 6) is -3.29. The van der Waals surface area contributed by atoms with Crippen molar-refractivity contribution in [3.8, 4) is 6.07 Å². The van der Waals surface area contributed by atoms with Crippen LogP contribution >= 0.6 is 12.4 Å². The maximum atomic E-state index is 14.2. The average Bonchev–Trinajstić information content (AvgIpc) is 2.49. The van der Waals surface area contributed by atoms with E-state index in [9.17, 15) is 8.78 Å². The van der Waals surface area contributed by atoms with Crippen molar-refractivity contribution in [2.45, 2.75) is 12.0 Å². The summed E-state index contributed by atoms with van der Waals surface area (Å²) in [6, 6.07) is 7.03. The van der Waals surface area contributed by atoms with Gasteiger partial charge in [0.05, 0.1) is 11.6 Å². The van der Waals surface area contributed by atoms with E-state index >= 15 is 0 Å². The van der Waals surface area contributed by atoms with Crippen LogP contribution in [0.15, 0.2) is 24.3 Å². The Kier molecular flexibility index (Phi) is 6.49. The molecule has 116 valence electrons. The maximum absolute atomic E-state index is 14.2. The van der Waals surface area contributed by atoms with Crippen molar-refractivity contribution in [2.75, 3.05) is 32.8 Å². The summed E-state index contributed by atoms with van der Waals surface area (Å²) < 4.78 is 28.4. The smallest absolute Gasteiger partial charge is 0.289 e. The molecular formula is C14H18ClF2N3O. The lowest BCUT2D eigenvalue weighted by Gasteiger charge is -2.39. The molecule has 0 spiro atoms. The van der Waals surface area contributed by atoms with Crippen LogP contribution in [-0.2, 0) is 0 Å². The zero-order valence-electron chi connectivity index (χ0n) is 11.4. The molecule has 1 fully saturated rings. The molecule has 1 aliphatic rings. The Morgan fingerprint density at radius 2 is 1.95 bits per heavy atom. The van der Waals surface area contributed by atoms with Gasteiger partial charge in [0.2, 0.25) is 0 Å². The van der Waals surface area contributed by atoms with Crippen molar-refractivity contribution in [2.24, 2.45) is 0 Å². The van der Waals surface area contributed by atoms with E-state index in [1.165, 1.54) is 12.1 Å². The Labute approximate surface area is 128 Å². The van der Waals surface area contributed by atoms with Crippen molar-refractivity contribution in [1.29, 1.82) is 5.26 Å². The average molecular weight is 318 g/mol. The Morgan fingerprint density at radius 3 is 2.52 bits per heavy atom. The van der Waals surface area contributed by atoms with Crippen LogP contribution < -0.4 is 5.32 Å². The van der Waals surface area contributed by atoms with Gasteiger partial charge < -0.3 is 10.4 Å². The largest absolute Gasteiger partial charge is 0.390 e. The normalized spacial score (nSPS) is 17.6. The summed E-state index contributed by atoms with van der Waals surface area (Å²) in [6.07, 6.45) is 0. The van der Waals surface area contributed by atoms with Crippen LogP contribution in [0.5, 0.6) is 0 Å². The minimum Gasteiger partial charge on any atom is -0.390 e. The molecular weight excluding hydrogens is 300 g/mol. The second kappa shape index (κ2) is 7.66. The molecule has 21 heavy (non-hydrogen) atoms. The topological polar surface area (TPSA) is 59.3 Å². The van der Waals surface area contributed by atoms with Gasteiger partial charge in [0.15, 0.2) is 0 Å². The number of aliphatic hydroxyl groups is 1. The van der Waals surface area contributed by atoms with Crippen molar-refractivity contribution >= 4 is 12.4 Å². The van der Waals surface area contributed by atoms with Gasteiger partial charge in [-0.05, 0) is 11.6 Å². The van der Waals surface area contributed by atoms with Gasteiger partial charge in [0.25, 0.3) is 5.92 Å². The number of nitrogens with one attached hydrogen (secondary N) is 1. The third-order valence-electron chi connectivity index (χ3n) is 3.50. The SMILES string of the molecule is Cl.N#Cc1ccccc1[C@H](N1CCNCC1)C(F)(F)CO. The van der Waals surface area contributed by atoms with Crippen molar-refractivity contribution < 1.29 is 13.9 Å². The molecule has 2 N–H and O–H groups in total. The number of halogens is 3. The minimum absolute atomic E-state index is 0. The van der Waals surface area contributed by atoms with Crippen LogP contribution in [0.4, 0.5) is 8.78 Å². The number of benzene rings is 1. The highest BCUT2D eigenvalue weighted by Crippen LogP contribution is 2.37. The van der Waals surface area contributed by atoms with Gasteiger partial charge in [0, 0.05) is 26.2 Å². The van der Waals surface area contributed by atoms with Crippen molar-refractivity contribution in [3.05, 3.63) is 35.4 Å². The fourth-order valence-corrected chi connectivity index (χ4v) is 2.56. The Balaban J connectivity index is 0.00000220. The van der Waals surface area contributed by atoms with Gasteiger partial charge in [-0.1, -0.05) is 18.2 Å². The van der Waals surface area contributed by atoms with Gasteiger partial charge in [0.1, 0.15) is 12.6 Å². The van der Waals surface area contributed by atoms with Crippen LogP contribution in [0.1, 0.15) is 17.2 Å². The lowest BCUT2D eigenvalue weighted by Crippen LogP contribution is -2.51. The lowest BCUT2D eigenvalue weighted by atomic mass is 9.94. The number of hydrogen-bond donors (Lipinski definition) is 2. The highest BCUT2D eigenvalue weighted by atomic mass is 35.5. The summed E-state index contributed by atoms with van der Waals surface area (Å²) in [6.45, 7) is 0.918. The highest BCUT2D eigenvalue weighted by Gasteiger charge is 2.44. The first-order chi connectivity index (χ1) is 9.60. The van der Waals surface area contributed by atoms with E-state index in [1.54, 1.807) is 17.0 Å². The van der Waals surface area contributed by atoms with E-state index < -0.39 is 18.6 Å². The Hall–Kier alpha value is -1.26. The predicted octanol–water partition coefficient (Wildman–Crippen LogP) is 1.55. The van der Waals surface area contributed by atoms with Crippen LogP contribution in [0.2, 0.25) is 0 Å². The summed E-state index contributed by atoms with van der Waals surface area (Å²) >= 11 is 0. The highest BCUT2D eigenvalue weighted by molar-refractivity contribution is 5.85. The Bertz CT molecular complexity index is 501.